The SMILES string of the molecule is Cc1cc(Br)ccc1NC(=O)C1CCN(C(=O)C2CC2)CC1. The van der Waals surface area contributed by atoms with Gasteiger partial charge in [-0.2, -0.15) is 0 Å². The number of piperidine rings is 1. The monoisotopic (exact) mass is 364 g/mol. The van der Waals surface area contributed by atoms with Gasteiger partial charge in [-0.25, -0.2) is 0 Å². The number of hydrogen-bond acceptors (Lipinski definition) is 2. The van der Waals surface area contributed by atoms with Crippen LogP contribution in [0, 0.1) is 18.8 Å². The van der Waals surface area contributed by atoms with Gasteiger partial charge in [-0.3, -0.25) is 9.59 Å². The maximum absolute atomic E-state index is 12.4. The number of carbonyl (C=O) groups excluding carboxylic acids is 2. The molecule has 0 bridgehead atoms. The molecule has 1 aliphatic carbocycles. The lowest BCUT2D eigenvalue weighted by Gasteiger charge is -2.31. The van der Waals surface area contributed by atoms with Crippen molar-refractivity contribution >= 4 is 33.4 Å². The molecule has 1 N–H and O–H groups in total. The first-order valence-electron chi connectivity index (χ1n) is 7.90. The lowest BCUT2D eigenvalue weighted by Crippen LogP contribution is -2.42. The number of nitrogens with zero attached hydrogens (tertiary/aromatic N) is 1. The summed E-state index contributed by atoms with van der Waals surface area (Å²) >= 11 is 3.43. The molecule has 118 valence electrons. The van der Waals surface area contributed by atoms with E-state index in [1.165, 1.54) is 0 Å². The molecule has 1 saturated heterocycles. The molecule has 3 rings (SSSR count). The Morgan fingerprint density at radius 3 is 2.41 bits per heavy atom. The van der Waals surface area contributed by atoms with Crippen LogP contribution in [0.4, 0.5) is 5.69 Å². The summed E-state index contributed by atoms with van der Waals surface area (Å²) in [4.78, 5) is 26.4. The van der Waals surface area contributed by atoms with E-state index in [0.29, 0.717) is 19.0 Å². The van der Waals surface area contributed by atoms with Gasteiger partial charge < -0.3 is 10.2 Å². The van der Waals surface area contributed by atoms with E-state index in [4.69, 9.17) is 0 Å². The van der Waals surface area contributed by atoms with Crippen LogP contribution >= 0.6 is 15.9 Å². The predicted octanol–water partition coefficient (Wildman–Crippen LogP) is 3.34. The van der Waals surface area contributed by atoms with Gasteiger partial charge in [-0.15, -0.1) is 0 Å². The van der Waals surface area contributed by atoms with Gasteiger partial charge in [-0.05, 0) is 56.4 Å². The molecule has 1 heterocycles. The van der Waals surface area contributed by atoms with E-state index in [2.05, 4.69) is 21.2 Å². The van der Waals surface area contributed by atoms with E-state index in [0.717, 1.165) is 41.4 Å². The second kappa shape index (κ2) is 6.41. The van der Waals surface area contributed by atoms with Crippen LogP contribution in [0.5, 0.6) is 0 Å². The zero-order chi connectivity index (χ0) is 15.7. The van der Waals surface area contributed by atoms with Crippen LogP contribution in [0.2, 0.25) is 0 Å². The van der Waals surface area contributed by atoms with Crippen molar-refractivity contribution in [3.8, 4) is 0 Å². The standard InChI is InChI=1S/C17H21BrN2O2/c1-11-10-14(18)4-5-15(11)19-16(21)12-6-8-20(9-7-12)17(22)13-2-3-13/h4-5,10,12-13H,2-3,6-9H2,1H3,(H,19,21). The van der Waals surface area contributed by atoms with E-state index >= 15 is 0 Å². The van der Waals surface area contributed by atoms with Crippen molar-refractivity contribution in [3.05, 3.63) is 28.2 Å². The van der Waals surface area contributed by atoms with E-state index in [-0.39, 0.29) is 17.7 Å². The summed E-state index contributed by atoms with van der Waals surface area (Å²) in [6, 6.07) is 5.84. The van der Waals surface area contributed by atoms with Crippen LogP contribution in [0.25, 0.3) is 0 Å². The Bertz CT molecular complexity index is 590. The second-order valence-corrected chi connectivity index (χ2v) is 7.24. The molecule has 2 fully saturated rings. The Hall–Kier alpha value is -1.36. The summed E-state index contributed by atoms with van der Waals surface area (Å²) in [6.45, 7) is 3.41. The van der Waals surface area contributed by atoms with Crippen LogP contribution in [-0.4, -0.2) is 29.8 Å². The first kappa shape index (κ1) is 15.5. The average molecular weight is 365 g/mol. The lowest BCUT2D eigenvalue weighted by molar-refractivity contribution is -0.135. The van der Waals surface area contributed by atoms with Gasteiger partial charge in [0.1, 0.15) is 0 Å². The zero-order valence-corrected chi connectivity index (χ0v) is 14.4. The van der Waals surface area contributed by atoms with Gasteiger partial charge in [0, 0.05) is 35.1 Å². The molecule has 1 aromatic carbocycles. The number of nitrogens with one attached hydrogen (secondary N) is 1. The highest BCUT2D eigenvalue weighted by atomic mass is 79.9. The molecule has 22 heavy (non-hydrogen) atoms. The molecule has 0 aromatic heterocycles. The van der Waals surface area contributed by atoms with E-state index < -0.39 is 0 Å². The summed E-state index contributed by atoms with van der Waals surface area (Å²) in [5.74, 6) is 0.647. The summed E-state index contributed by atoms with van der Waals surface area (Å²) in [5.41, 5.74) is 1.91. The molecule has 2 aliphatic rings. The molecule has 0 spiro atoms. The Morgan fingerprint density at radius 2 is 1.82 bits per heavy atom. The normalized spacial score (nSPS) is 19.1. The third-order valence-corrected chi connectivity index (χ3v) is 5.04. The van der Waals surface area contributed by atoms with Gasteiger partial charge in [-0.1, -0.05) is 15.9 Å². The largest absolute Gasteiger partial charge is 0.342 e. The van der Waals surface area contributed by atoms with E-state index in [9.17, 15) is 9.59 Å². The molecule has 0 atom stereocenters. The number of anilines is 1. The predicted molar refractivity (Wildman–Crippen MR) is 89.5 cm³/mol. The summed E-state index contributed by atoms with van der Waals surface area (Å²) < 4.78 is 1.01. The minimum absolute atomic E-state index is 0.00583. The van der Waals surface area contributed by atoms with Crippen molar-refractivity contribution in [2.24, 2.45) is 11.8 Å². The molecule has 1 saturated carbocycles. The number of rotatable bonds is 3. The number of amides is 2. The van der Waals surface area contributed by atoms with Crippen molar-refractivity contribution in [2.75, 3.05) is 18.4 Å². The van der Waals surface area contributed by atoms with Gasteiger partial charge in [0.2, 0.25) is 11.8 Å². The van der Waals surface area contributed by atoms with Gasteiger partial charge in [0.15, 0.2) is 0 Å². The maximum Gasteiger partial charge on any atom is 0.227 e. The number of likely N-dealkylation sites (tertiary alicyclic amines) is 1. The van der Waals surface area contributed by atoms with Crippen molar-refractivity contribution in [1.82, 2.24) is 4.90 Å². The smallest absolute Gasteiger partial charge is 0.227 e. The Balaban J connectivity index is 1.54. The van der Waals surface area contributed by atoms with Crippen molar-refractivity contribution in [1.29, 1.82) is 0 Å². The molecule has 1 aromatic rings. The second-order valence-electron chi connectivity index (χ2n) is 6.32. The topological polar surface area (TPSA) is 49.4 Å². The fourth-order valence-corrected chi connectivity index (χ4v) is 3.43. The third kappa shape index (κ3) is 3.51. The Labute approximate surface area is 139 Å². The lowest BCUT2D eigenvalue weighted by atomic mass is 9.95. The number of hydrogen-bond donors (Lipinski definition) is 1. The van der Waals surface area contributed by atoms with Crippen LogP contribution in [0.3, 0.4) is 0 Å². The third-order valence-electron chi connectivity index (χ3n) is 4.55. The molecule has 0 radical (unpaired) electrons. The molecular formula is C17H21BrN2O2. The number of benzene rings is 1. The number of aryl methyl sites for hydroxylation is 1. The molecule has 1 aliphatic heterocycles. The van der Waals surface area contributed by atoms with Crippen LogP contribution in [0.1, 0.15) is 31.2 Å². The highest BCUT2D eigenvalue weighted by molar-refractivity contribution is 9.10. The maximum atomic E-state index is 12.4. The highest BCUT2D eigenvalue weighted by Gasteiger charge is 2.35. The molecule has 4 nitrogen and oxygen atoms in total. The van der Waals surface area contributed by atoms with E-state index in [1.807, 2.05) is 30.0 Å². The molecule has 5 heteroatoms. The van der Waals surface area contributed by atoms with Crippen LogP contribution in [-0.2, 0) is 9.59 Å². The van der Waals surface area contributed by atoms with Crippen molar-refractivity contribution < 1.29 is 9.59 Å². The van der Waals surface area contributed by atoms with Crippen molar-refractivity contribution in [3.63, 3.8) is 0 Å². The fraction of sp³-hybridized carbons (Fsp3) is 0.529. The first-order chi connectivity index (χ1) is 10.5. The summed E-state index contributed by atoms with van der Waals surface area (Å²) in [6.07, 6.45) is 3.62. The minimum atomic E-state index is 0.00583. The van der Waals surface area contributed by atoms with Crippen molar-refractivity contribution in [2.45, 2.75) is 32.6 Å². The Morgan fingerprint density at radius 1 is 1.14 bits per heavy atom. The zero-order valence-electron chi connectivity index (χ0n) is 12.8. The van der Waals surface area contributed by atoms with Crippen LogP contribution < -0.4 is 5.32 Å². The Kier molecular flexibility index (Phi) is 4.52. The number of carbonyl (C=O) groups is 2. The number of halogens is 1. The quantitative estimate of drug-likeness (QED) is 0.893. The highest BCUT2D eigenvalue weighted by Crippen LogP contribution is 2.32. The molecule has 0 unspecified atom stereocenters. The van der Waals surface area contributed by atoms with Gasteiger partial charge >= 0.3 is 0 Å². The minimum Gasteiger partial charge on any atom is -0.342 e. The fourth-order valence-electron chi connectivity index (χ4n) is 2.95. The first-order valence-corrected chi connectivity index (χ1v) is 8.69. The summed E-state index contributed by atoms with van der Waals surface area (Å²) in [5, 5.41) is 3.02. The molecular weight excluding hydrogens is 344 g/mol. The van der Waals surface area contributed by atoms with Gasteiger partial charge in [0.05, 0.1) is 0 Å². The summed E-state index contributed by atoms with van der Waals surface area (Å²) in [7, 11) is 0. The van der Waals surface area contributed by atoms with E-state index in [1.54, 1.807) is 0 Å². The average Bonchev–Trinajstić information content (AvgIpc) is 3.34. The van der Waals surface area contributed by atoms with Gasteiger partial charge in [0.25, 0.3) is 0 Å². The molecule has 2 amide bonds. The van der Waals surface area contributed by atoms with Crippen LogP contribution in [0.15, 0.2) is 22.7 Å².